The summed E-state index contributed by atoms with van der Waals surface area (Å²) in [5, 5.41) is 2.60. The van der Waals surface area contributed by atoms with Crippen LogP contribution in [0.3, 0.4) is 0 Å². The Morgan fingerprint density at radius 2 is 1.93 bits per heavy atom. The molecule has 27 heavy (non-hydrogen) atoms. The summed E-state index contributed by atoms with van der Waals surface area (Å²) in [6, 6.07) is 8.89. The smallest absolute Gasteiger partial charge is 0.416 e. The Morgan fingerprint density at radius 3 is 2.52 bits per heavy atom. The van der Waals surface area contributed by atoms with E-state index < -0.39 is 23.2 Å². The van der Waals surface area contributed by atoms with Gasteiger partial charge in [-0.1, -0.05) is 12.1 Å². The fourth-order valence-corrected chi connectivity index (χ4v) is 2.34. The topological polar surface area (TPSA) is 77.1 Å². The van der Waals surface area contributed by atoms with Crippen molar-refractivity contribution < 1.29 is 22.4 Å². The predicted molar refractivity (Wildman–Crippen MR) is 89.5 cm³/mol. The van der Waals surface area contributed by atoms with Crippen molar-refractivity contribution >= 4 is 5.91 Å². The summed E-state index contributed by atoms with van der Waals surface area (Å²) < 4.78 is 44.0. The van der Waals surface area contributed by atoms with Crippen molar-refractivity contribution in [2.75, 3.05) is 0 Å². The van der Waals surface area contributed by atoms with Crippen LogP contribution in [0.25, 0.3) is 11.3 Å². The molecule has 3 aromatic rings. The van der Waals surface area contributed by atoms with Gasteiger partial charge in [-0.2, -0.15) is 13.2 Å². The highest BCUT2D eigenvalue weighted by atomic mass is 19.4. The molecular weight excluding hydrogens is 363 g/mol. The van der Waals surface area contributed by atoms with Gasteiger partial charge in [-0.25, -0.2) is 4.98 Å². The lowest BCUT2D eigenvalue weighted by Crippen LogP contribution is -2.31. The van der Waals surface area contributed by atoms with Gasteiger partial charge in [0.2, 0.25) is 5.91 Å². The Balaban J connectivity index is 1.68. The quantitative estimate of drug-likeness (QED) is 0.742. The molecule has 0 radical (unpaired) electrons. The monoisotopic (exact) mass is 377 g/mol. The number of hydrogen-bond acceptors (Lipinski definition) is 4. The first kappa shape index (κ1) is 18.4. The van der Waals surface area contributed by atoms with E-state index >= 15 is 0 Å². The van der Waals surface area contributed by atoms with Gasteiger partial charge < -0.3 is 9.73 Å². The number of nitrogens with zero attached hydrogens (tertiary/aromatic N) is 2. The minimum Gasteiger partial charge on any atom is -0.467 e. The van der Waals surface area contributed by atoms with Crippen LogP contribution in [0.1, 0.15) is 11.3 Å². The van der Waals surface area contributed by atoms with Crippen LogP contribution in [0.5, 0.6) is 0 Å². The number of carbonyl (C=O) groups is 1. The van der Waals surface area contributed by atoms with Gasteiger partial charge in [0.1, 0.15) is 12.3 Å². The van der Waals surface area contributed by atoms with Crippen molar-refractivity contribution in [2.24, 2.45) is 0 Å². The number of aromatic nitrogens is 2. The molecule has 0 aliphatic heterocycles. The van der Waals surface area contributed by atoms with Gasteiger partial charge in [0.25, 0.3) is 5.56 Å². The first-order valence-electron chi connectivity index (χ1n) is 7.86. The summed E-state index contributed by atoms with van der Waals surface area (Å²) in [6.07, 6.45) is -1.77. The first-order valence-corrected chi connectivity index (χ1v) is 7.86. The lowest BCUT2D eigenvalue weighted by atomic mass is 10.1. The molecule has 3 rings (SSSR count). The molecule has 0 spiro atoms. The first-order chi connectivity index (χ1) is 12.8. The van der Waals surface area contributed by atoms with E-state index in [0.29, 0.717) is 11.3 Å². The number of alkyl halides is 3. The molecule has 0 bridgehead atoms. The predicted octanol–water partition coefficient (Wildman–Crippen LogP) is 2.84. The number of nitrogens with one attached hydrogen (secondary N) is 1. The van der Waals surface area contributed by atoms with Gasteiger partial charge in [0.15, 0.2) is 0 Å². The molecule has 0 saturated carbocycles. The normalized spacial score (nSPS) is 11.4. The van der Waals surface area contributed by atoms with E-state index in [4.69, 9.17) is 4.42 Å². The number of rotatable bonds is 5. The molecule has 0 unspecified atom stereocenters. The highest BCUT2D eigenvalue weighted by molar-refractivity contribution is 5.75. The third kappa shape index (κ3) is 4.63. The molecule has 6 nitrogen and oxygen atoms in total. The number of hydrogen-bond donors (Lipinski definition) is 1. The maximum atomic E-state index is 12.6. The largest absolute Gasteiger partial charge is 0.467 e. The van der Waals surface area contributed by atoms with Gasteiger partial charge in [-0.3, -0.25) is 14.2 Å². The zero-order valence-corrected chi connectivity index (χ0v) is 13.9. The standard InChI is InChI=1S/C18H14F3N3O3/c19-18(20,21)13-5-3-12(4-6-13)15-8-17(26)24(11-23-15)10-16(25)22-9-14-2-1-7-27-14/h1-8,11H,9-10H2,(H,22,25). The zero-order chi connectivity index (χ0) is 19.4. The number of amides is 1. The molecule has 1 aromatic carbocycles. The third-order valence-corrected chi connectivity index (χ3v) is 3.74. The second-order valence-electron chi connectivity index (χ2n) is 5.67. The summed E-state index contributed by atoms with van der Waals surface area (Å²) in [5.74, 6) is 0.170. The molecule has 1 amide bonds. The van der Waals surface area contributed by atoms with E-state index in [1.165, 1.54) is 30.8 Å². The van der Waals surface area contributed by atoms with Crippen molar-refractivity contribution in [3.8, 4) is 11.3 Å². The van der Waals surface area contributed by atoms with Crippen molar-refractivity contribution in [2.45, 2.75) is 19.3 Å². The Kier molecular flexibility index (Phi) is 5.11. The zero-order valence-electron chi connectivity index (χ0n) is 13.9. The van der Waals surface area contributed by atoms with Gasteiger partial charge in [0, 0.05) is 11.6 Å². The molecule has 0 fully saturated rings. The van der Waals surface area contributed by atoms with E-state index in [0.717, 1.165) is 16.7 Å². The molecule has 0 aliphatic rings. The van der Waals surface area contributed by atoms with Crippen molar-refractivity contribution in [1.29, 1.82) is 0 Å². The average Bonchev–Trinajstić information content (AvgIpc) is 3.15. The molecule has 2 aromatic heterocycles. The minimum atomic E-state index is -4.43. The van der Waals surface area contributed by atoms with Crippen molar-refractivity contribution in [3.05, 3.63) is 76.7 Å². The van der Waals surface area contributed by atoms with Crippen LogP contribution in [-0.2, 0) is 24.1 Å². The maximum absolute atomic E-state index is 12.6. The van der Waals surface area contributed by atoms with E-state index in [9.17, 15) is 22.8 Å². The second kappa shape index (κ2) is 7.48. The molecule has 2 heterocycles. The number of carbonyl (C=O) groups excluding carboxylic acids is 1. The van der Waals surface area contributed by atoms with E-state index in [1.807, 2.05) is 0 Å². The van der Waals surface area contributed by atoms with Gasteiger partial charge >= 0.3 is 6.18 Å². The fraction of sp³-hybridized carbons (Fsp3) is 0.167. The maximum Gasteiger partial charge on any atom is 0.416 e. The van der Waals surface area contributed by atoms with Crippen molar-refractivity contribution in [3.63, 3.8) is 0 Å². The highest BCUT2D eigenvalue weighted by Gasteiger charge is 2.30. The molecule has 0 atom stereocenters. The van der Waals surface area contributed by atoms with E-state index in [-0.39, 0.29) is 18.8 Å². The van der Waals surface area contributed by atoms with Crippen LogP contribution in [0.4, 0.5) is 13.2 Å². The van der Waals surface area contributed by atoms with Crippen LogP contribution in [0.15, 0.2) is 64.3 Å². The average molecular weight is 377 g/mol. The molecule has 1 N–H and O–H groups in total. The van der Waals surface area contributed by atoms with Gasteiger partial charge in [-0.05, 0) is 24.3 Å². The summed E-state index contributed by atoms with van der Waals surface area (Å²) in [6.45, 7) is -0.0442. The minimum absolute atomic E-state index is 0.192. The highest BCUT2D eigenvalue weighted by Crippen LogP contribution is 2.30. The van der Waals surface area contributed by atoms with Crippen LogP contribution < -0.4 is 10.9 Å². The molecule has 9 heteroatoms. The summed E-state index contributed by atoms with van der Waals surface area (Å²) in [4.78, 5) is 28.1. The van der Waals surface area contributed by atoms with Gasteiger partial charge in [-0.15, -0.1) is 0 Å². The van der Waals surface area contributed by atoms with E-state index in [2.05, 4.69) is 10.3 Å². The Bertz CT molecular complexity index is 978. The van der Waals surface area contributed by atoms with Gasteiger partial charge in [0.05, 0.1) is 30.4 Å². The lowest BCUT2D eigenvalue weighted by molar-refractivity contribution is -0.137. The Labute approximate surface area is 151 Å². The SMILES string of the molecule is O=C(Cn1cnc(-c2ccc(C(F)(F)F)cc2)cc1=O)NCc1ccco1. The third-order valence-electron chi connectivity index (χ3n) is 3.74. The van der Waals surface area contributed by atoms with Crippen LogP contribution >= 0.6 is 0 Å². The van der Waals surface area contributed by atoms with Crippen LogP contribution in [0.2, 0.25) is 0 Å². The summed E-state index contributed by atoms with van der Waals surface area (Å²) >= 11 is 0. The lowest BCUT2D eigenvalue weighted by Gasteiger charge is -2.09. The number of benzene rings is 1. The summed E-state index contributed by atoms with van der Waals surface area (Å²) in [7, 11) is 0. The summed E-state index contributed by atoms with van der Waals surface area (Å²) in [5.41, 5.74) is -0.684. The van der Waals surface area contributed by atoms with Crippen LogP contribution in [-0.4, -0.2) is 15.5 Å². The second-order valence-corrected chi connectivity index (χ2v) is 5.67. The molecule has 140 valence electrons. The Morgan fingerprint density at radius 1 is 1.19 bits per heavy atom. The van der Waals surface area contributed by atoms with E-state index in [1.54, 1.807) is 12.1 Å². The van der Waals surface area contributed by atoms with Crippen LogP contribution in [0, 0.1) is 0 Å². The Hall–Kier alpha value is -3.36. The number of halogens is 3. The molecule has 0 aliphatic carbocycles. The molecule has 0 saturated heterocycles. The molecular formula is C18H14F3N3O3. The van der Waals surface area contributed by atoms with Crippen molar-refractivity contribution in [1.82, 2.24) is 14.9 Å². The fourth-order valence-electron chi connectivity index (χ4n) is 2.34. The number of furan rings is 1.